The Morgan fingerprint density at radius 1 is 1.36 bits per heavy atom. The van der Waals surface area contributed by atoms with Gasteiger partial charge in [-0.05, 0) is 31.2 Å². The van der Waals surface area contributed by atoms with Crippen LogP contribution in [0.4, 0.5) is 11.5 Å². The molecule has 144 valence electrons. The maximum absolute atomic E-state index is 13.2. The molecule has 2 bridgehead atoms. The fourth-order valence-corrected chi connectivity index (χ4v) is 4.37. The molecular weight excluding hydrogens is 362 g/mol. The van der Waals surface area contributed by atoms with Crippen LogP contribution in [0.2, 0.25) is 0 Å². The van der Waals surface area contributed by atoms with Crippen molar-refractivity contribution in [2.75, 3.05) is 23.9 Å². The van der Waals surface area contributed by atoms with Crippen molar-refractivity contribution < 1.29 is 23.6 Å². The van der Waals surface area contributed by atoms with Gasteiger partial charge in [-0.15, -0.1) is 0 Å². The van der Waals surface area contributed by atoms with Crippen molar-refractivity contribution in [3.8, 4) is 5.75 Å². The predicted octanol–water partition coefficient (Wildman–Crippen LogP) is 1.92. The average molecular weight is 381 g/mol. The van der Waals surface area contributed by atoms with E-state index in [9.17, 15) is 9.59 Å². The van der Waals surface area contributed by atoms with Gasteiger partial charge in [0.25, 0.3) is 0 Å². The first-order valence-corrected chi connectivity index (χ1v) is 9.07. The second kappa shape index (κ2) is 5.93. The van der Waals surface area contributed by atoms with E-state index in [1.165, 1.54) is 0 Å². The summed E-state index contributed by atoms with van der Waals surface area (Å²) in [7, 11) is 1.58. The minimum absolute atomic E-state index is 0.171. The molecule has 28 heavy (non-hydrogen) atoms. The quantitative estimate of drug-likeness (QED) is 0.814. The van der Waals surface area contributed by atoms with Gasteiger partial charge in [0.15, 0.2) is 5.82 Å². The summed E-state index contributed by atoms with van der Waals surface area (Å²) >= 11 is 0. The number of hydrogen-bond donors (Lipinski definition) is 1. The molecule has 2 aromatic rings. The number of anilines is 2. The summed E-state index contributed by atoms with van der Waals surface area (Å²) in [6, 6.07) is 8.76. The number of benzene rings is 1. The molecule has 0 radical (unpaired) electrons. The third-order valence-corrected chi connectivity index (χ3v) is 5.65. The van der Waals surface area contributed by atoms with Crippen LogP contribution in [0.5, 0.6) is 5.75 Å². The van der Waals surface area contributed by atoms with Crippen LogP contribution in [-0.2, 0) is 14.3 Å². The summed E-state index contributed by atoms with van der Waals surface area (Å²) in [5.41, 5.74) is -0.155. The van der Waals surface area contributed by atoms with Crippen LogP contribution in [0.1, 0.15) is 5.76 Å². The number of amides is 2. The summed E-state index contributed by atoms with van der Waals surface area (Å²) in [5.74, 6) is 0.170. The van der Waals surface area contributed by atoms with E-state index < -0.39 is 23.5 Å². The van der Waals surface area contributed by atoms with Crippen LogP contribution >= 0.6 is 0 Å². The predicted molar refractivity (Wildman–Crippen MR) is 98.9 cm³/mol. The molecule has 1 spiro atoms. The molecule has 1 N–H and O–H groups in total. The smallest absolute Gasteiger partial charge is 0.235 e. The molecule has 1 aromatic heterocycles. The van der Waals surface area contributed by atoms with E-state index in [2.05, 4.69) is 10.5 Å². The van der Waals surface area contributed by atoms with Crippen molar-refractivity contribution >= 4 is 23.3 Å². The number of fused-ring (bicyclic) bond motifs is 1. The van der Waals surface area contributed by atoms with E-state index in [0.29, 0.717) is 29.6 Å². The van der Waals surface area contributed by atoms with Gasteiger partial charge >= 0.3 is 0 Å². The van der Waals surface area contributed by atoms with Crippen LogP contribution in [0.3, 0.4) is 0 Å². The molecule has 3 aliphatic rings. The van der Waals surface area contributed by atoms with Crippen LogP contribution in [0, 0.1) is 18.8 Å². The molecule has 8 nitrogen and oxygen atoms in total. The summed E-state index contributed by atoms with van der Waals surface area (Å²) < 4.78 is 16.3. The zero-order chi connectivity index (χ0) is 19.5. The lowest BCUT2D eigenvalue weighted by atomic mass is 9.77. The summed E-state index contributed by atoms with van der Waals surface area (Å²) in [5, 5.41) is 6.84. The van der Waals surface area contributed by atoms with Gasteiger partial charge in [0, 0.05) is 11.8 Å². The summed E-state index contributed by atoms with van der Waals surface area (Å²) in [6.07, 6.45) is 3.37. The molecule has 1 aromatic carbocycles. The average Bonchev–Trinajstić information content (AvgIpc) is 3.43. The van der Waals surface area contributed by atoms with E-state index in [1.807, 2.05) is 12.2 Å². The maximum atomic E-state index is 13.2. The molecule has 3 aliphatic heterocycles. The second-order valence-corrected chi connectivity index (χ2v) is 7.34. The van der Waals surface area contributed by atoms with Crippen LogP contribution < -0.4 is 15.0 Å². The van der Waals surface area contributed by atoms with Crippen molar-refractivity contribution in [2.24, 2.45) is 11.8 Å². The highest BCUT2D eigenvalue weighted by Crippen LogP contribution is 2.52. The molecule has 8 heteroatoms. The summed E-state index contributed by atoms with van der Waals surface area (Å²) in [4.78, 5) is 27.7. The standard InChI is InChI=1S/C20H19N3O5/c1-11-9-15(22-28-11)23-10-20-8-7-14(27-20)16(17(20)19(23)25)18(24)21-12-3-5-13(26-2)6-4-12/h3-9,14,16-17H,10H2,1-2H3,(H,21,24)/t14-,16+,17+,20-/m1/s1. The molecule has 5 rings (SSSR count). The van der Waals surface area contributed by atoms with Crippen LogP contribution in [0.25, 0.3) is 0 Å². The van der Waals surface area contributed by atoms with E-state index in [4.69, 9.17) is 14.0 Å². The van der Waals surface area contributed by atoms with Crippen LogP contribution in [-0.4, -0.2) is 42.3 Å². The number of carbonyl (C=O) groups is 2. The Morgan fingerprint density at radius 2 is 2.14 bits per heavy atom. The highest BCUT2D eigenvalue weighted by Gasteiger charge is 2.67. The first-order chi connectivity index (χ1) is 13.5. The molecule has 0 aliphatic carbocycles. The Balaban J connectivity index is 1.41. The van der Waals surface area contributed by atoms with E-state index >= 15 is 0 Å². The number of carbonyl (C=O) groups excluding carboxylic acids is 2. The number of aryl methyl sites for hydroxylation is 1. The third-order valence-electron chi connectivity index (χ3n) is 5.65. The first-order valence-electron chi connectivity index (χ1n) is 9.07. The molecule has 4 heterocycles. The van der Waals surface area contributed by atoms with Crippen LogP contribution in [0.15, 0.2) is 47.0 Å². The van der Waals surface area contributed by atoms with Crippen molar-refractivity contribution in [1.82, 2.24) is 5.16 Å². The minimum Gasteiger partial charge on any atom is -0.497 e. The van der Waals surface area contributed by atoms with E-state index in [1.54, 1.807) is 49.3 Å². The summed E-state index contributed by atoms with van der Waals surface area (Å²) in [6.45, 7) is 2.09. The number of nitrogens with zero attached hydrogens (tertiary/aromatic N) is 2. The van der Waals surface area contributed by atoms with Gasteiger partial charge in [-0.3, -0.25) is 14.5 Å². The number of methoxy groups -OCH3 is 1. The first kappa shape index (κ1) is 17.0. The van der Waals surface area contributed by atoms with Crippen molar-refractivity contribution in [3.63, 3.8) is 0 Å². The third kappa shape index (κ3) is 2.37. The normalized spacial score (nSPS) is 30.0. The highest BCUT2D eigenvalue weighted by atomic mass is 16.5. The van der Waals surface area contributed by atoms with Gasteiger partial charge < -0.3 is 19.3 Å². The zero-order valence-corrected chi connectivity index (χ0v) is 15.4. The van der Waals surface area contributed by atoms with E-state index in [-0.39, 0.29) is 11.8 Å². The van der Waals surface area contributed by atoms with Crippen molar-refractivity contribution in [3.05, 3.63) is 48.2 Å². The topological polar surface area (TPSA) is 93.9 Å². The van der Waals surface area contributed by atoms with E-state index in [0.717, 1.165) is 0 Å². The molecule has 2 amide bonds. The Morgan fingerprint density at radius 3 is 2.82 bits per heavy atom. The molecule has 2 fully saturated rings. The fraction of sp³-hybridized carbons (Fsp3) is 0.350. The largest absolute Gasteiger partial charge is 0.497 e. The number of aromatic nitrogens is 1. The van der Waals surface area contributed by atoms with Crippen molar-refractivity contribution in [2.45, 2.75) is 18.6 Å². The number of rotatable bonds is 4. The molecule has 2 saturated heterocycles. The molecule has 0 unspecified atom stereocenters. The number of nitrogens with one attached hydrogen (secondary N) is 1. The number of hydrogen-bond acceptors (Lipinski definition) is 6. The zero-order valence-electron chi connectivity index (χ0n) is 15.4. The maximum Gasteiger partial charge on any atom is 0.235 e. The van der Waals surface area contributed by atoms with Gasteiger partial charge in [0.05, 0.1) is 31.6 Å². The SMILES string of the molecule is COc1ccc(NC(=O)[C@@H]2[C@H]3C(=O)N(c4cc(C)on4)C[C@]34C=C[C@H]2O4)cc1. The van der Waals surface area contributed by atoms with Gasteiger partial charge in [-0.25, -0.2) is 0 Å². The Labute approximate surface area is 161 Å². The monoisotopic (exact) mass is 381 g/mol. The second-order valence-electron chi connectivity index (χ2n) is 7.34. The lowest BCUT2D eigenvalue weighted by molar-refractivity contribution is -0.128. The van der Waals surface area contributed by atoms with Gasteiger partial charge in [-0.2, -0.15) is 0 Å². The van der Waals surface area contributed by atoms with Gasteiger partial charge in [0.1, 0.15) is 17.1 Å². The lowest BCUT2D eigenvalue weighted by Crippen LogP contribution is -2.41. The Hall–Kier alpha value is -3.13. The number of ether oxygens (including phenoxy) is 2. The molecule has 0 saturated carbocycles. The molecular formula is C20H19N3O5. The van der Waals surface area contributed by atoms with Gasteiger partial charge in [-0.1, -0.05) is 17.3 Å². The highest BCUT2D eigenvalue weighted by molar-refractivity contribution is 6.05. The Bertz CT molecular complexity index is 982. The molecule has 4 atom stereocenters. The van der Waals surface area contributed by atoms with Crippen molar-refractivity contribution in [1.29, 1.82) is 0 Å². The minimum atomic E-state index is -0.795. The Kier molecular flexibility index (Phi) is 3.60. The van der Waals surface area contributed by atoms with Gasteiger partial charge in [0.2, 0.25) is 11.8 Å². The lowest BCUT2D eigenvalue weighted by Gasteiger charge is -2.23. The fourth-order valence-electron chi connectivity index (χ4n) is 4.37.